The predicted octanol–water partition coefficient (Wildman–Crippen LogP) is 5.81. The van der Waals surface area contributed by atoms with Crippen LogP contribution in [0.2, 0.25) is 5.02 Å². The lowest BCUT2D eigenvalue weighted by atomic mass is 9.97. The van der Waals surface area contributed by atoms with Gasteiger partial charge >= 0.3 is 5.63 Å². The molecule has 0 aliphatic heterocycles. The quantitative estimate of drug-likeness (QED) is 0.466. The smallest absolute Gasteiger partial charge is 0.344 e. The van der Waals surface area contributed by atoms with Crippen LogP contribution in [-0.4, -0.2) is 5.91 Å². The normalized spacial score (nSPS) is 10.9. The predicted molar refractivity (Wildman–Crippen MR) is 112 cm³/mol. The Balaban J connectivity index is 1.89. The number of aryl methyl sites for hydroxylation is 1. The molecule has 4 rings (SSSR count). The fourth-order valence-corrected chi connectivity index (χ4v) is 3.31. The molecule has 0 saturated carbocycles. The van der Waals surface area contributed by atoms with Gasteiger partial charge in [-0.1, -0.05) is 59.6 Å². The molecule has 1 amide bonds. The van der Waals surface area contributed by atoms with Crippen LogP contribution in [0.25, 0.3) is 21.9 Å². The van der Waals surface area contributed by atoms with Gasteiger partial charge in [0.1, 0.15) is 5.82 Å². The fraction of sp³-hybridized carbons (Fsp3) is 0.0435. The first-order valence-corrected chi connectivity index (χ1v) is 9.21. The van der Waals surface area contributed by atoms with Gasteiger partial charge in [-0.2, -0.15) is 0 Å². The molecule has 0 aliphatic rings. The van der Waals surface area contributed by atoms with Crippen molar-refractivity contribution in [1.82, 2.24) is 0 Å². The first kappa shape index (κ1) is 18.9. The molecule has 0 atom stereocenters. The summed E-state index contributed by atoms with van der Waals surface area (Å²) in [6.45, 7) is 1.96. The van der Waals surface area contributed by atoms with Crippen LogP contribution in [0, 0.1) is 12.7 Å². The molecular formula is C23H15ClFNO3. The van der Waals surface area contributed by atoms with Gasteiger partial charge in [0.25, 0.3) is 5.91 Å². The van der Waals surface area contributed by atoms with E-state index in [1.54, 1.807) is 24.3 Å². The number of anilines is 1. The highest BCUT2D eigenvalue weighted by atomic mass is 35.5. The van der Waals surface area contributed by atoms with Crippen molar-refractivity contribution < 1.29 is 13.6 Å². The molecule has 0 fully saturated rings. The van der Waals surface area contributed by atoms with Crippen LogP contribution in [0.3, 0.4) is 0 Å². The maximum Gasteiger partial charge on any atom is 0.344 e. The fourth-order valence-electron chi connectivity index (χ4n) is 3.13. The van der Waals surface area contributed by atoms with E-state index >= 15 is 0 Å². The van der Waals surface area contributed by atoms with E-state index in [4.69, 9.17) is 16.0 Å². The van der Waals surface area contributed by atoms with Gasteiger partial charge in [0.2, 0.25) is 5.76 Å². The molecule has 1 N–H and O–H groups in total. The van der Waals surface area contributed by atoms with Gasteiger partial charge < -0.3 is 9.73 Å². The van der Waals surface area contributed by atoms with Gasteiger partial charge in [-0.25, -0.2) is 9.18 Å². The van der Waals surface area contributed by atoms with E-state index in [-0.39, 0.29) is 16.5 Å². The Bertz CT molecular complexity index is 1300. The summed E-state index contributed by atoms with van der Waals surface area (Å²) in [5.41, 5.74) is 1.97. The summed E-state index contributed by atoms with van der Waals surface area (Å²) in [5, 5.41) is 3.48. The molecule has 0 radical (unpaired) electrons. The first-order chi connectivity index (χ1) is 13.9. The lowest BCUT2D eigenvalue weighted by Crippen LogP contribution is -2.17. The number of benzene rings is 3. The van der Waals surface area contributed by atoms with Gasteiger partial charge in [-0.05, 0) is 36.8 Å². The summed E-state index contributed by atoms with van der Waals surface area (Å²) < 4.78 is 18.8. The number of rotatable bonds is 3. The lowest BCUT2D eigenvalue weighted by Gasteiger charge is -2.12. The Morgan fingerprint density at radius 3 is 2.38 bits per heavy atom. The van der Waals surface area contributed by atoms with Crippen molar-refractivity contribution in [3.63, 3.8) is 0 Å². The molecule has 3 aromatic carbocycles. The highest BCUT2D eigenvalue weighted by Gasteiger charge is 2.21. The standard InChI is InChI=1S/C23H15ClFNO3/c1-13-6-8-14(9-7-13)20-16-4-2-3-5-17(16)23(28)29-21(20)22(27)26-15-10-11-19(25)18(24)12-15/h2-12H,1H3,(H,26,27). The molecule has 0 spiro atoms. The third kappa shape index (κ3) is 3.65. The summed E-state index contributed by atoms with van der Waals surface area (Å²) in [6, 6.07) is 18.3. The largest absolute Gasteiger partial charge is 0.416 e. The molecule has 0 saturated heterocycles. The van der Waals surface area contributed by atoms with E-state index in [0.717, 1.165) is 17.2 Å². The van der Waals surface area contributed by atoms with Gasteiger partial charge in [-0.3, -0.25) is 4.79 Å². The highest BCUT2D eigenvalue weighted by molar-refractivity contribution is 6.31. The minimum atomic E-state index is -0.633. The minimum Gasteiger partial charge on any atom is -0.416 e. The van der Waals surface area contributed by atoms with Crippen LogP contribution >= 0.6 is 11.6 Å². The molecule has 29 heavy (non-hydrogen) atoms. The number of nitrogens with one attached hydrogen (secondary N) is 1. The van der Waals surface area contributed by atoms with E-state index in [2.05, 4.69) is 5.32 Å². The van der Waals surface area contributed by atoms with Crippen LogP contribution in [0.5, 0.6) is 0 Å². The van der Waals surface area contributed by atoms with Gasteiger partial charge in [-0.15, -0.1) is 0 Å². The van der Waals surface area contributed by atoms with E-state index < -0.39 is 17.3 Å². The van der Waals surface area contributed by atoms with Gasteiger partial charge in [0.15, 0.2) is 0 Å². The maximum atomic E-state index is 13.4. The minimum absolute atomic E-state index is 0.124. The van der Waals surface area contributed by atoms with Gasteiger partial charge in [0.05, 0.1) is 10.4 Å². The lowest BCUT2D eigenvalue weighted by molar-refractivity contribution is 0.0994. The Kier molecular flexibility index (Phi) is 4.91. The van der Waals surface area contributed by atoms with Crippen molar-refractivity contribution in [2.75, 3.05) is 5.32 Å². The Morgan fingerprint density at radius 1 is 1.00 bits per heavy atom. The summed E-state index contributed by atoms with van der Waals surface area (Å²) >= 11 is 5.79. The number of halogens is 2. The number of hydrogen-bond acceptors (Lipinski definition) is 3. The summed E-state index contributed by atoms with van der Waals surface area (Å²) in [7, 11) is 0. The molecule has 4 aromatic rings. The second kappa shape index (κ2) is 7.53. The van der Waals surface area contributed by atoms with Crippen molar-refractivity contribution in [1.29, 1.82) is 0 Å². The second-order valence-corrected chi connectivity index (χ2v) is 7.00. The van der Waals surface area contributed by atoms with Crippen LogP contribution in [0.15, 0.2) is 75.9 Å². The molecule has 1 heterocycles. The van der Waals surface area contributed by atoms with Gasteiger partial charge in [0, 0.05) is 16.6 Å². The molecule has 144 valence electrons. The summed E-state index contributed by atoms with van der Waals surface area (Å²) in [4.78, 5) is 25.5. The highest BCUT2D eigenvalue weighted by Crippen LogP contribution is 2.31. The molecule has 0 unspecified atom stereocenters. The van der Waals surface area contributed by atoms with Crippen LogP contribution < -0.4 is 10.9 Å². The summed E-state index contributed by atoms with van der Waals surface area (Å²) in [6.07, 6.45) is 0. The van der Waals surface area contributed by atoms with Crippen molar-refractivity contribution in [3.8, 4) is 11.1 Å². The van der Waals surface area contributed by atoms with Crippen LogP contribution in [0.4, 0.5) is 10.1 Å². The average Bonchev–Trinajstić information content (AvgIpc) is 2.71. The van der Waals surface area contributed by atoms with Crippen molar-refractivity contribution in [2.45, 2.75) is 6.92 Å². The van der Waals surface area contributed by atoms with Crippen molar-refractivity contribution >= 4 is 34.0 Å². The molecule has 1 aromatic heterocycles. The Hall–Kier alpha value is -3.44. The number of carbonyl (C=O) groups excluding carboxylic acids is 1. The van der Waals surface area contributed by atoms with Crippen molar-refractivity contribution in [2.24, 2.45) is 0 Å². The molecule has 0 aliphatic carbocycles. The second-order valence-electron chi connectivity index (χ2n) is 6.59. The third-order valence-electron chi connectivity index (χ3n) is 4.56. The van der Waals surface area contributed by atoms with Crippen LogP contribution in [-0.2, 0) is 0 Å². The molecule has 4 nitrogen and oxygen atoms in total. The first-order valence-electron chi connectivity index (χ1n) is 8.83. The SMILES string of the molecule is Cc1ccc(-c2c(C(=O)Nc3ccc(F)c(Cl)c3)oc(=O)c3ccccc23)cc1. The molecule has 6 heteroatoms. The Labute approximate surface area is 170 Å². The third-order valence-corrected chi connectivity index (χ3v) is 4.85. The van der Waals surface area contributed by atoms with E-state index in [1.165, 1.54) is 12.1 Å². The average molecular weight is 408 g/mol. The number of amides is 1. The molecule has 0 bridgehead atoms. The number of hydrogen-bond donors (Lipinski definition) is 1. The Morgan fingerprint density at radius 2 is 1.69 bits per heavy atom. The maximum absolute atomic E-state index is 13.4. The molecular weight excluding hydrogens is 393 g/mol. The van der Waals surface area contributed by atoms with Crippen LogP contribution in [0.1, 0.15) is 16.1 Å². The topological polar surface area (TPSA) is 59.3 Å². The number of fused-ring (bicyclic) bond motifs is 1. The number of carbonyl (C=O) groups is 1. The zero-order chi connectivity index (χ0) is 20.5. The van der Waals surface area contributed by atoms with E-state index in [0.29, 0.717) is 16.3 Å². The zero-order valence-electron chi connectivity index (χ0n) is 15.3. The van der Waals surface area contributed by atoms with Crippen molar-refractivity contribution in [3.05, 3.63) is 99.3 Å². The summed E-state index contributed by atoms with van der Waals surface area (Å²) in [5.74, 6) is -1.36. The van der Waals surface area contributed by atoms with E-state index in [9.17, 15) is 14.0 Å². The van der Waals surface area contributed by atoms with E-state index in [1.807, 2.05) is 31.2 Å². The zero-order valence-corrected chi connectivity index (χ0v) is 16.1. The monoisotopic (exact) mass is 407 g/mol.